The van der Waals surface area contributed by atoms with Crippen molar-refractivity contribution in [2.24, 2.45) is 0 Å². The van der Waals surface area contributed by atoms with E-state index in [1.807, 2.05) is 0 Å². The van der Waals surface area contributed by atoms with Gasteiger partial charge in [-0.1, -0.05) is 106 Å². The average Bonchev–Trinajstić information content (AvgIpc) is 2.77. The third-order valence-corrected chi connectivity index (χ3v) is 6.60. The molecule has 0 saturated carbocycles. The highest BCUT2D eigenvalue weighted by Gasteiger charge is 2.07. The van der Waals surface area contributed by atoms with Crippen molar-refractivity contribution in [1.82, 2.24) is 0 Å². The predicted molar refractivity (Wildman–Crippen MR) is 138 cm³/mol. The largest absolute Gasteiger partial charge is 0.465 e. The molecule has 0 radical (unpaired) electrons. The summed E-state index contributed by atoms with van der Waals surface area (Å²) in [6.07, 6.45) is 20.0. The minimum Gasteiger partial charge on any atom is -0.465 e. The molecule has 3 heteroatoms. The van der Waals surface area contributed by atoms with Gasteiger partial charge in [-0.3, -0.25) is 4.79 Å². The fourth-order valence-corrected chi connectivity index (χ4v) is 4.44. The molecule has 0 saturated heterocycles. The van der Waals surface area contributed by atoms with Crippen LogP contribution >= 0.6 is 15.9 Å². The monoisotopic (exact) mass is 494 g/mol. The van der Waals surface area contributed by atoms with Crippen LogP contribution in [-0.2, 0) is 28.8 Å². The fourth-order valence-electron chi connectivity index (χ4n) is 4.04. The Labute approximate surface area is 201 Å². The van der Waals surface area contributed by atoms with E-state index in [2.05, 4.69) is 48.0 Å². The van der Waals surface area contributed by atoms with Crippen LogP contribution in [-0.4, -0.2) is 17.9 Å². The summed E-state index contributed by atoms with van der Waals surface area (Å²) in [5.41, 5.74) is 4.37. The Balaban J connectivity index is 2.42. The third-order valence-electron chi connectivity index (χ3n) is 6.04. The number of carbonyl (C=O) groups is 1. The molecule has 0 atom stereocenters. The SMILES string of the molecule is CCCCCCc1ccc(CCOC(=O)CCCCCCCBr)cc1CCCCCC. The first-order chi connectivity index (χ1) is 15.2. The van der Waals surface area contributed by atoms with Crippen LogP contribution in [0.1, 0.15) is 120 Å². The van der Waals surface area contributed by atoms with E-state index in [1.54, 1.807) is 0 Å². The number of unbranched alkanes of at least 4 members (excludes halogenated alkanes) is 10. The van der Waals surface area contributed by atoms with Crippen molar-refractivity contribution in [2.45, 2.75) is 123 Å². The molecule has 0 fully saturated rings. The summed E-state index contributed by atoms with van der Waals surface area (Å²) in [5.74, 6) is -0.0344. The molecule has 0 N–H and O–H groups in total. The van der Waals surface area contributed by atoms with Gasteiger partial charge < -0.3 is 4.74 Å². The number of rotatable bonds is 20. The van der Waals surface area contributed by atoms with E-state index in [1.165, 1.54) is 100 Å². The van der Waals surface area contributed by atoms with Crippen LogP contribution in [0, 0.1) is 0 Å². The highest BCUT2D eigenvalue weighted by molar-refractivity contribution is 9.09. The van der Waals surface area contributed by atoms with Crippen LogP contribution in [0.15, 0.2) is 18.2 Å². The number of aryl methyl sites for hydroxylation is 2. The van der Waals surface area contributed by atoms with Crippen molar-refractivity contribution in [3.8, 4) is 0 Å². The number of hydrogen-bond donors (Lipinski definition) is 0. The molecule has 31 heavy (non-hydrogen) atoms. The van der Waals surface area contributed by atoms with E-state index < -0.39 is 0 Å². The number of carbonyl (C=O) groups excluding carboxylic acids is 1. The summed E-state index contributed by atoms with van der Waals surface area (Å²) in [6, 6.07) is 6.98. The van der Waals surface area contributed by atoms with Gasteiger partial charge in [0.1, 0.15) is 0 Å². The number of benzene rings is 1. The number of alkyl halides is 1. The molecule has 1 aromatic rings. The van der Waals surface area contributed by atoms with E-state index >= 15 is 0 Å². The first-order valence-corrected chi connectivity index (χ1v) is 14.2. The van der Waals surface area contributed by atoms with Crippen molar-refractivity contribution in [2.75, 3.05) is 11.9 Å². The van der Waals surface area contributed by atoms with E-state index in [0.29, 0.717) is 13.0 Å². The zero-order valence-corrected chi connectivity index (χ0v) is 21.9. The molecule has 0 aliphatic rings. The van der Waals surface area contributed by atoms with Gasteiger partial charge in [-0.25, -0.2) is 0 Å². The van der Waals surface area contributed by atoms with Crippen LogP contribution in [0.2, 0.25) is 0 Å². The van der Waals surface area contributed by atoms with Gasteiger partial charge in [0, 0.05) is 18.2 Å². The fraction of sp³-hybridized carbons (Fsp3) is 0.750. The highest BCUT2D eigenvalue weighted by atomic mass is 79.9. The van der Waals surface area contributed by atoms with Crippen LogP contribution in [0.25, 0.3) is 0 Å². The lowest BCUT2D eigenvalue weighted by Crippen LogP contribution is -2.08. The highest BCUT2D eigenvalue weighted by Crippen LogP contribution is 2.19. The van der Waals surface area contributed by atoms with Gasteiger partial charge in [0.15, 0.2) is 0 Å². The first-order valence-electron chi connectivity index (χ1n) is 13.0. The normalized spacial score (nSPS) is 11.1. The summed E-state index contributed by atoms with van der Waals surface area (Å²) < 4.78 is 5.50. The zero-order valence-electron chi connectivity index (χ0n) is 20.4. The Hall–Kier alpha value is -0.830. The van der Waals surface area contributed by atoms with Crippen molar-refractivity contribution in [3.63, 3.8) is 0 Å². The smallest absolute Gasteiger partial charge is 0.305 e. The van der Waals surface area contributed by atoms with Gasteiger partial charge in [-0.15, -0.1) is 0 Å². The summed E-state index contributed by atoms with van der Waals surface area (Å²) in [5, 5.41) is 1.08. The molecule has 0 unspecified atom stereocenters. The first kappa shape index (κ1) is 28.2. The van der Waals surface area contributed by atoms with Crippen LogP contribution < -0.4 is 0 Å². The maximum absolute atomic E-state index is 12.0. The molecule has 0 heterocycles. The molecule has 178 valence electrons. The van der Waals surface area contributed by atoms with Gasteiger partial charge in [0.05, 0.1) is 6.61 Å². The van der Waals surface area contributed by atoms with E-state index in [9.17, 15) is 4.79 Å². The van der Waals surface area contributed by atoms with Crippen LogP contribution in [0.5, 0.6) is 0 Å². The Morgan fingerprint density at radius 2 is 1.35 bits per heavy atom. The molecular weight excluding hydrogens is 448 g/mol. The molecule has 1 rings (SSSR count). The molecule has 0 aliphatic heterocycles. The maximum Gasteiger partial charge on any atom is 0.305 e. The summed E-state index contributed by atoms with van der Waals surface area (Å²) in [6.45, 7) is 5.05. The van der Waals surface area contributed by atoms with Crippen molar-refractivity contribution < 1.29 is 9.53 Å². The number of esters is 1. The molecular formula is C28H47BrO2. The number of ether oxygens (including phenoxy) is 1. The van der Waals surface area contributed by atoms with Crippen LogP contribution in [0.4, 0.5) is 0 Å². The molecule has 2 nitrogen and oxygen atoms in total. The summed E-state index contributed by atoms with van der Waals surface area (Å²) in [4.78, 5) is 12.0. The van der Waals surface area contributed by atoms with Gasteiger partial charge >= 0.3 is 5.97 Å². The van der Waals surface area contributed by atoms with Crippen molar-refractivity contribution in [3.05, 3.63) is 34.9 Å². The summed E-state index contributed by atoms with van der Waals surface area (Å²) >= 11 is 3.46. The maximum atomic E-state index is 12.0. The molecule has 1 aromatic carbocycles. The molecule has 0 bridgehead atoms. The lowest BCUT2D eigenvalue weighted by Gasteiger charge is -2.13. The Kier molecular flexibility index (Phi) is 18.0. The lowest BCUT2D eigenvalue weighted by molar-refractivity contribution is -0.143. The molecule has 0 amide bonds. The van der Waals surface area contributed by atoms with Crippen LogP contribution in [0.3, 0.4) is 0 Å². The second kappa shape index (κ2) is 19.8. The van der Waals surface area contributed by atoms with Gasteiger partial charge in [0.25, 0.3) is 0 Å². The van der Waals surface area contributed by atoms with Gasteiger partial charge in [-0.2, -0.15) is 0 Å². The lowest BCUT2D eigenvalue weighted by atomic mass is 9.94. The second-order valence-electron chi connectivity index (χ2n) is 8.90. The predicted octanol–water partition coefficient (Wildman–Crippen LogP) is 8.75. The quantitative estimate of drug-likeness (QED) is 0.103. The molecule has 0 spiro atoms. The Morgan fingerprint density at radius 1 is 0.742 bits per heavy atom. The Bertz CT molecular complexity index is 570. The zero-order chi connectivity index (χ0) is 22.6. The number of hydrogen-bond acceptors (Lipinski definition) is 2. The van der Waals surface area contributed by atoms with Gasteiger partial charge in [0.2, 0.25) is 0 Å². The Morgan fingerprint density at radius 3 is 2.03 bits per heavy atom. The number of halogens is 1. The summed E-state index contributed by atoms with van der Waals surface area (Å²) in [7, 11) is 0. The minimum atomic E-state index is -0.0344. The molecule has 0 aliphatic carbocycles. The standard InChI is InChI=1S/C28H47BrO2/c1-3-5-7-12-16-26-20-19-25(24-27(26)17-13-8-6-4-2)21-23-31-28(30)18-14-10-9-11-15-22-29/h19-20,24H,3-18,21-23H2,1-2H3. The second-order valence-corrected chi connectivity index (χ2v) is 9.69. The minimum absolute atomic E-state index is 0.0344. The van der Waals surface area contributed by atoms with Crippen molar-refractivity contribution >= 4 is 21.9 Å². The molecule has 0 aromatic heterocycles. The van der Waals surface area contributed by atoms with E-state index in [0.717, 1.165) is 24.6 Å². The van der Waals surface area contributed by atoms with Crippen molar-refractivity contribution in [1.29, 1.82) is 0 Å². The van der Waals surface area contributed by atoms with Gasteiger partial charge in [-0.05, 0) is 55.2 Å². The topological polar surface area (TPSA) is 26.3 Å². The van der Waals surface area contributed by atoms with E-state index in [-0.39, 0.29) is 5.97 Å². The average molecular weight is 496 g/mol. The third kappa shape index (κ3) is 14.8. The van der Waals surface area contributed by atoms with E-state index in [4.69, 9.17) is 4.74 Å².